The number of benzene rings is 2. The molecule has 5 nitrogen and oxygen atoms in total. The molecule has 26 heavy (non-hydrogen) atoms. The molecule has 1 aromatic heterocycles. The number of rotatable bonds is 3. The van der Waals surface area contributed by atoms with Gasteiger partial charge in [0.2, 0.25) is 0 Å². The van der Waals surface area contributed by atoms with Gasteiger partial charge in [-0.2, -0.15) is 0 Å². The van der Waals surface area contributed by atoms with Crippen molar-refractivity contribution in [2.24, 2.45) is 0 Å². The van der Waals surface area contributed by atoms with Gasteiger partial charge in [-0.25, -0.2) is 9.78 Å². The topological polar surface area (TPSA) is 60.5 Å². The summed E-state index contributed by atoms with van der Waals surface area (Å²) in [6.07, 6.45) is -0.569. The van der Waals surface area contributed by atoms with Crippen molar-refractivity contribution < 1.29 is 14.3 Å². The van der Waals surface area contributed by atoms with E-state index >= 15 is 0 Å². The third-order valence-corrected chi connectivity index (χ3v) is 4.40. The highest BCUT2D eigenvalue weighted by Gasteiger charge is 2.17. The van der Waals surface area contributed by atoms with Crippen molar-refractivity contribution >= 4 is 56.5 Å². The lowest BCUT2D eigenvalue weighted by molar-refractivity contribution is 0.0636. The van der Waals surface area contributed by atoms with E-state index in [-0.39, 0.29) is 0 Å². The van der Waals surface area contributed by atoms with Crippen molar-refractivity contribution in [3.63, 3.8) is 0 Å². The molecule has 3 aromatic rings. The number of anilines is 1. The summed E-state index contributed by atoms with van der Waals surface area (Å²) in [6, 6.07) is 10.3. The van der Waals surface area contributed by atoms with Crippen LogP contribution in [0.25, 0.3) is 10.2 Å². The van der Waals surface area contributed by atoms with Gasteiger partial charge < -0.3 is 9.47 Å². The number of ether oxygens (including phenoxy) is 2. The van der Waals surface area contributed by atoms with E-state index in [1.807, 2.05) is 12.1 Å². The fourth-order valence-corrected chi connectivity index (χ4v) is 3.47. The lowest BCUT2D eigenvalue weighted by atomic mass is 10.2. The highest BCUT2D eigenvalue weighted by Crippen LogP contribution is 2.34. The molecule has 1 heterocycles. The van der Waals surface area contributed by atoms with Gasteiger partial charge in [-0.1, -0.05) is 34.5 Å². The van der Waals surface area contributed by atoms with E-state index < -0.39 is 11.7 Å². The van der Waals surface area contributed by atoms with E-state index in [4.69, 9.17) is 32.7 Å². The summed E-state index contributed by atoms with van der Waals surface area (Å²) in [5.74, 6) is 0.453. The van der Waals surface area contributed by atoms with Gasteiger partial charge in [0.05, 0.1) is 10.2 Å². The second-order valence-corrected chi connectivity index (χ2v) is 8.36. The van der Waals surface area contributed by atoms with Crippen LogP contribution in [0.4, 0.5) is 10.5 Å². The van der Waals surface area contributed by atoms with E-state index in [0.717, 1.165) is 10.2 Å². The second kappa shape index (κ2) is 7.31. The first-order valence-corrected chi connectivity index (χ1v) is 9.30. The largest absolute Gasteiger partial charge is 0.444 e. The van der Waals surface area contributed by atoms with E-state index in [2.05, 4.69) is 10.3 Å². The minimum atomic E-state index is -0.593. The van der Waals surface area contributed by atoms with Crippen LogP contribution in [0, 0.1) is 0 Å². The van der Waals surface area contributed by atoms with Gasteiger partial charge in [-0.15, -0.1) is 0 Å². The summed E-state index contributed by atoms with van der Waals surface area (Å²) in [5.41, 5.74) is 0.666. The van der Waals surface area contributed by atoms with Gasteiger partial charge in [0.1, 0.15) is 11.4 Å². The smallest absolute Gasteiger partial charge is 0.412 e. The Morgan fingerprint density at radius 3 is 2.62 bits per heavy atom. The number of fused-ring (bicyclic) bond motifs is 1. The Kier molecular flexibility index (Phi) is 5.27. The van der Waals surface area contributed by atoms with Gasteiger partial charge in [-0.05, 0) is 51.1 Å². The summed E-state index contributed by atoms with van der Waals surface area (Å²) in [7, 11) is 0. The minimum absolute atomic E-state index is 0.415. The number of halogens is 2. The average molecular weight is 411 g/mol. The van der Waals surface area contributed by atoms with Gasteiger partial charge in [0, 0.05) is 21.8 Å². The van der Waals surface area contributed by atoms with Crippen LogP contribution < -0.4 is 10.1 Å². The summed E-state index contributed by atoms with van der Waals surface area (Å²) < 4.78 is 11.9. The first kappa shape index (κ1) is 18.8. The molecule has 3 rings (SSSR count). The predicted octanol–water partition coefficient (Wildman–Crippen LogP) is 6.74. The van der Waals surface area contributed by atoms with E-state index in [9.17, 15) is 4.79 Å². The number of nitrogens with one attached hydrogen (secondary N) is 1. The summed E-state index contributed by atoms with van der Waals surface area (Å²) >= 11 is 13.5. The molecule has 1 amide bonds. The quantitative estimate of drug-likeness (QED) is 0.518. The molecule has 0 spiro atoms. The third kappa shape index (κ3) is 5.00. The molecule has 0 saturated heterocycles. The predicted molar refractivity (Wildman–Crippen MR) is 106 cm³/mol. The van der Waals surface area contributed by atoms with Crippen molar-refractivity contribution in [3.8, 4) is 10.9 Å². The Balaban J connectivity index is 1.79. The third-order valence-electron chi connectivity index (χ3n) is 3.05. The van der Waals surface area contributed by atoms with Crippen LogP contribution in [0.5, 0.6) is 10.9 Å². The summed E-state index contributed by atoms with van der Waals surface area (Å²) in [6.45, 7) is 5.37. The fourth-order valence-electron chi connectivity index (χ4n) is 2.14. The molecule has 0 fully saturated rings. The van der Waals surface area contributed by atoms with Crippen LogP contribution in [-0.2, 0) is 4.74 Å². The average Bonchev–Trinajstić information content (AvgIpc) is 2.85. The number of carbonyl (C=O) groups is 1. The maximum absolute atomic E-state index is 11.9. The number of thiazole rings is 1. The van der Waals surface area contributed by atoms with Crippen molar-refractivity contribution in [2.75, 3.05) is 5.32 Å². The Morgan fingerprint density at radius 2 is 1.88 bits per heavy atom. The van der Waals surface area contributed by atoms with Gasteiger partial charge in [-0.3, -0.25) is 5.32 Å². The van der Waals surface area contributed by atoms with Crippen LogP contribution in [0.3, 0.4) is 0 Å². The van der Waals surface area contributed by atoms with E-state index in [1.54, 1.807) is 45.0 Å². The molecule has 1 N–H and O–H groups in total. The number of hydrogen-bond donors (Lipinski definition) is 1. The Labute approximate surface area is 164 Å². The molecular weight excluding hydrogens is 395 g/mol. The molecular formula is C18H16Cl2N2O3S. The van der Waals surface area contributed by atoms with Crippen molar-refractivity contribution in [2.45, 2.75) is 26.4 Å². The normalized spacial score (nSPS) is 11.4. The van der Waals surface area contributed by atoms with Gasteiger partial charge in [0.15, 0.2) is 0 Å². The maximum atomic E-state index is 11.9. The Morgan fingerprint density at radius 1 is 1.12 bits per heavy atom. The molecule has 0 aliphatic carbocycles. The van der Waals surface area contributed by atoms with Gasteiger partial charge >= 0.3 is 6.09 Å². The maximum Gasteiger partial charge on any atom is 0.412 e. The van der Waals surface area contributed by atoms with Crippen LogP contribution in [0.2, 0.25) is 10.0 Å². The zero-order valence-corrected chi connectivity index (χ0v) is 16.6. The first-order chi connectivity index (χ1) is 12.2. The summed E-state index contributed by atoms with van der Waals surface area (Å²) in [5, 5.41) is 4.14. The highest BCUT2D eigenvalue weighted by molar-refractivity contribution is 7.20. The van der Waals surface area contributed by atoms with Crippen LogP contribution >= 0.6 is 34.5 Å². The molecule has 0 aliphatic rings. The first-order valence-electron chi connectivity index (χ1n) is 7.72. The SMILES string of the molecule is CC(C)(C)OC(=O)Nc1cc(Cl)cc(Oc2nc3ccc(Cl)cc3s2)c1. The second-order valence-electron chi connectivity index (χ2n) is 6.50. The summed E-state index contributed by atoms with van der Waals surface area (Å²) in [4.78, 5) is 16.3. The zero-order chi connectivity index (χ0) is 18.9. The lowest BCUT2D eigenvalue weighted by Crippen LogP contribution is -2.27. The molecule has 0 bridgehead atoms. The Hall–Kier alpha value is -2.02. The molecule has 0 saturated carbocycles. The van der Waals surface area contributed by atoms with Crippen LogP contribution in [0.15, 0.2) is 36.4 Å². The number of aromatic nitrogens is 1. The van der Waals surface area contributed by atoms with Crippen LogP contribution in [-0.4, -0.2) is 16.7 Å². The van der Waals surface area contributed by atoms with Gasteiger partial charge in [0.25, 0.3) is 5.19 Å². The highest BCUT2D eigenvalue weighted by atomic mass is 35.5. The molecule has 2 aromatic carbocycles. The molecule has 136 valence electrons. The molecule has 0 atom stereocenters. The van der Waals surface area contributed by atoms with Crippen molar-refractivity contribution in [1.82, 2.24) is 4.98 Å². The Bertz CT molecular complexity index is 967. The molecule has 0 unspecified atom stereocenters. The number of hydrogen-bond acceptors (Lipinski definition) is 5. The van der Waals surface area contributed by atoms with E-state index in [0.29, 0.717) is 26.7 Å². The number of nitrogens with zero attached hydrogens (tertiary/aromatic N) is 1. The fraction of sp³-hybridized carbons (Fsp3) is 0.222. The number of amides is 1. The van der Waals surface area contributed by atoms with Crippen LogP contribution in [0.1, 0.15) is 20.8 Å². The van der Waals surface area contributed by atoms with E-state index in [1.165, 1.54) is 11.3 Å². The lowest BCUT2D eigenvalue weighted by Gasteiger charge is -2.19. The molecule has 8 heteroatoms. The monoisotopic (exact) mass is 410 g/mol. The standard InChI is InChI=1S/C18H16Cl2N2O3S/c1-18(2,3)25-16(23)21-12-6-11(20)7-13(9-12)24-17-22-14-5-4-10(19)8-15(14)26-17/h4-9H,1-3H3,(H,21,23). The van der Waals surface area contributed by atoms with Crippen molar-refractivity contribution in [1.29, 1.82) is 0 Å². The molecule has 0 aliphatic heterocycles. The zero-order valence-electron chi connectivity index (χ0n) is 14.3. The number of carbonyl (C=O) groups excluding carboxylic acids is 1. The molecule has 0 radical (unpaired) electrons. The van der Waals surface area contributed by atoms with Crippen molar-refractivity contribution in [3.05, 3.63) is 46.4 Å². The minimum Gasteiger partial charge on any atom is -0.444 e.